The van der Waals surface area contributed by atoms with Gasteiger partial charge in [-0.2, -0.15) is 0 Å². The van der Waals surface area contributed by atoms with E-state index in [9.17, 15) is 9.59 Å². The van der Waals surface area contributed by atoms with Crippen molar-refractivity contribution >= 4 is 39.9 Å². The third-order valence-electron chi connectivity index (χ3n) is 2.17. The van der Waals surface area contributed by atoms with Crippen LogP contribution in [0.3, 0.4) is 0 Å². The van der Waals surface area contributed by atoms with Crippen LogP contribution in [0.25, 0.3) is 0 Å². The van der Waals surface area contributed by atoms with Gasteiger partial charge < -0.3 is 9.84 Å². The predicted octanol–water partition coefficient (Wildman–Crippen LogP) is 2.51. The molecule has 1 aromatic heterocycles. The van der Waals surface area contributed by atoms with Gasteiger partial charge >= 0.3 is 5.97 Å². The van der Waals surface area contributed by atoms with E-state index in [0.717, 1.165) is 11.3 Å². The number of carbonyl (C=O) groups is 2. The summed E-state index contributed by atoms with van der Waals surface area (Å²) in [5, 5.41) is 13.1. The average Bonchev–Trinajstić information content (AvgIpc) is 2.86. The fourth-order valence-corrected chi connectivity index (χ4v) is 2.18. The number of anilines is 1. The lowest BCUT2D eigenvalue weighted by Gasteiger charge is -2.06. The lowest BCUT2D eigenvalue weighted by Crippen LogP contribution is -2.20. The summed E-state index contributed by atoms with van der Waals surface area (Å²) in [6.45, 7) is -0.244. The molecule has 0 radical (unpaired) electrons. The van der Waals surface area contributed by atoms with Crippen molar-refractivity contribution in [3.05, 3.63) is 40.4 Å². The predicted molar refractivity (Wildman–Crippen MR) is 74.7 cm³/mol. The van der Waals surface area contributed by atoms with Gasteiger partial charge in [-0.1, -0.05) is 23.7 Å². The number of carboxylic acid groups (broad SMARTS) is 1. The molecule has 0 atom stereocenters. The number of carboxylic acids is 1. The molecule has 2 N–H and O–H groups in total. The van der Waals surface area contributed by atoms with Crippen LogP contribution in [0.2, 0.25) is 5.02 Å². The third kappa shape index (κ3) is 3.69. The zero-order valence-corrected chi connectivity index (χ0v) is 11.6. The molecule has 1 amide bonds. The number of nitrogens with zero attached hydrogens (tertiary/aromatic N) is 1. The van der Waals surface area contributed by atoms with Gasteiger partial charge in [-0.05, 0) is 12.1 Å². The molecule has 2 rings (SSSR count). The van der Waals surface area contributed by atoms with Crippen LogP contribution in [0.15, 0.2) is 29.6 Å². The van der Waals surface area contributed by atoms with Crippen molar-refractivity contribution in [3.63, 3.8) is 0 Å². The number of para-hydroxylation sites is 1. The normalized spacial score (nSPS) is 10.1. The number of rotatable bonds is 5. The Bertz CT molecular complexity index is 644. The molecule has 1 aromatic carbocycles. The molecule has 0 fully saturated rings. The monoisotopic (exact) mass is 312 g/mol. The molecule has 20 heavy (non-hydrogen) atoms. The molecule has 2 aromatic rings. The van der Waals surface area contributed by atoms with Crippen molar-refractivity contribution in [3.8, 4) is 5.75 Å². The van der Waals surface area contributed by atoms with E-state index >= 15 is 0 Å². The van der Waals surface area contributed by atoms with Gasteiger partial charge in [-0.25, -0.2) is 9.78 Å². The topological polar surface area (TPSA) is 88.5 Å². The van der Waals surface area contributed by atoms with Crippen LogP contribution < -0.4 is 10.1 Å². The second kappa shape index (κ2) is 6.36. The molecular weight excluding hydrogens is 304 g/mol. The molecule has 0 bridgehead atoms. The largest absolute Gasteiger partial charge is 0.482 e. The first-order chi connectivity index (χ1) is 9.56. The number of thiazole rings is 1. The van der Waals surface area contributed by atoms with E-state index in [0.29, 0.717) is 10.8 Å². The SMILES string of the molecule is O=C(COc1ccccc1Cl)Nc1nc(C(=O)O)cs1. The molecule has 0 aliphatic carbocycles. The quantitative estimate of drug-likeness (QED) is 0.885. The maximum absolute atomic E-state index is 11.6. The second-order valence-corrected chi connectivity index (χ2v) is 4.88. The summed E-state index contributed by atoms with van der Waals surface area (Å²) >= 11 is 6.90. The maximum atomic E-state index is 11.6. The van der Waals surface area contributed by atoms with Crippen LogP contribution >= 0.6 is 22.9 Å². The molecule has 0 unspecified atom stereocenters. The standard InChI is InChI=1S/C12H9ClN2O4S/c13-7-3-1-2-4-9(7)19-5-10(16)15-12-14-8(6-20-12)11(17)18/h1-4,6H,5H2,(H,17,18)(H,14,15,16). The summed E-state index contributed by atoms with van der Waals surface area (Å²) < 4.78 is 5.24. The molecule has 0 saturated heterocycles. The number of aromatic carboxylic acids is 1. The number of hydrogen-bond donors (Lipinski definition) is 2. The number of carbonyl (C=O) groups excluding carboxylic acids is 1. The molecule has 0 spiro atoms. The third-order valence-corrected chi connectivity index (χ3v) is 3.24. The van der Waals surface area contributed by atoms with E-state index < -0.39 is 11.9 Å². The van der Waals surface area contributed by atoms with Crippen LogP contribution in [-0.4, -0.2) is 28.6 Å². The Morgan fingerprint density at radius 3 is 2.80 bits per heavy atom. The highest BCUT2D eigenvalue weighted by atomic mass is 35.5. The zero-order chi connectivity index (χ0) is 14.5. The number of ether oxygens (including phenoxy) is 1. The van der Waals surface area contributed by atoms with Gasteiger partial charge in [0.2, 0.25) is 0 Å². The highest BCUT2D eigenvalue weighted by Gasteiger charge is 2.11. The summed E-state index contributed by atoms with van der Waals surface area (Å²) in [5.41, 5.74) is -0.114. The van der Waals surface area contributed by atoms with Gasteiger partial charge in [0.15, 0.2) is 17.4 Å². The van der Waals surface area contributed by atoms with E-state index in [1.807, 2.05) is 0 Å². The van der Waals surface area contributed by atoms with Crippen molar-refractivity contribution in [1.82, 2.24) is 4.98 Å². The van der Waals surface area contributed by atoms with E-state index in [-0.39, 0.29) is 17.4 Å². The average molecular weight is 313 g/mol. The Morgan fingerprint density at radius 2 is 2.15 bits per heavy atom. The molecule has 6 nitrogen and oxygen atoms in total. The number of aromatic nitrogens is 1. The smallest absolute Gasteiger partial charge is 0.355 e. The highest BCUT2D eigenvalue weighted by molar-refractivity contribution is 7.14. The van der Waals surface area contributed by atoms with Crippen molar-refractivity contribution in [2.45, 2.75) is 0 Å². The molecule has 0 saturated carbocycles. The minimum atomic E-state index is -1.14. The molecular formula is C12H9ClN2O4S. The Balaban J connectivity index is 1.89. The number of nitrogens with one attached hydrogen (secondary N) is 1. The minimum absolute atomic E-state index is 0.114. The number of amides is 1. The maximum Gasteiger partial charge on any atom is 0.355 e. The molecule has 0 aliphatic rings. The van der Waals surface area contributed by atoms with Crippen LogP contribution in [-0.2, 0) is 4.79 Å². The van der Waals surface area contributed by atoms with Gasteiger partial charge in [-0.15, -0.1) is 11.3 Å². The number of hydrogen-bond acceptors (Lipinski definition) is 5. The van der Waals surface area contributed by atoms with Crippen molar-refractivity contribution in [2.24, 2.45) is 0 Å². The van der Waals surface area contributed by atoms with Gasteiger partial charge in [0, 0.05) is 5.38 Å². The second-order valence-electron chi connectivity index (χ2n) is 3.61. The van der Waals surface area contributed by atoms with Gasteiger partial charge in [0.1, 0.15) is 5.75 Å². The van der Waals surface area contributed by atoms with E-state index in [1.165, 1.54) is 5.38 Å². The number of benzene rings is 1. The Kier molecular flexibility index (Phi) is 4.54. The first kappa shape index (κ1) is 14.3. The molecule has 8 heteroatoms. The van der Waals surface area contributed by atoms with Crippen molar-refractivity contribution < 1.29 is 19.4 Å². The van der Waals surface area contributed by atoms with Gasteiger partial charge in [0.05, 0.1) is 5.02 Å². The highest BCUT2D eigenvalue weighted by Crippen LogP contribution is 2.23. The zero-order valence-electron chi connectivity index (χ0n) is 10.00. The number of halogens is 1. The lowest BCUT2D eigenvalue weighted by molar-refractivity contribution is -0.118. The summed E-state index contributed by atoms with van der Waals surface area (Å²) in [6, 6.07) is 6.77. The summed E-state index contributed by atoms with van der Waals surface area (Å²) in [5.74, 6) is -1.19. The lowest BCUT2D eigenvalue weighted by atomic mass is 10.3. The fourth-order valence-electron chi connectivity index (χ4n) is 1.29. The Labute approximate surface area is 123 Å². The summed E-state index contributed by atoms with van der Waals surface area (Å²) in [7, 11) is 0. The first-order valence-electron chi connectivity index (χ1n) is 5.42. The van der Waals surface area contributed by atoms with Crippen LogP contribution in [0, 0.1) is 0 Å². The van der Waals surface area contributed by atoms with Crippen molar-refractivity contribution in [2.75, 3.05) is 11.9 Å². The summed E-state index contributed by atoms with van der Waals surface area (Å²) in [6.07, 6.45) is 0. The van der Waals surface area contributed by atoms with Gasteiger partial charge in [0.25, 0.3) is 5.91 Å². The van der Waals surface area contributed by atoms with Crippen LogP contribution in [0.4, 0.5) is 5.13 Å². The van der Waals surface area contributed by atoms with E-state index in [2.05, 4.69) is 10.3 Å². The van der Waals surface area contributed by atoms with Crippen molar-refractivity contribution in [1.29, 1.82) is 0 Å². The van der Waals surface area contributed by atoms with E-state index in [4.69, 9.17) is 21.4 Å². The Morgan fingerprint density at radius 1 is 1.40 bits per heavy atom. The molecule has 104 valence electrons. The van der Waals surface area contributed by atoms with Gasteiger partial charge in [-0.3, -0.25) is 10.1 Å². The van der Waals surface area contributed by atoms with E-state index in [1.54, 1.807) is 24.3 Å². The fraction of sp³-hybridized carbons (Fsp3) is 0.0833. The first-order valence-corrected chi connectivity index (χ1v) is 6.68. The minimum Gasteiger partial charge on any atom is -0.482 e. The summed E-state index contributed by atoms with van der Waals surface area (Å²) in [4.78, 5) is 26.0. The van der Waals surface area contributed by atoms with Crippen LogP contribution in [0.5, 0.6) is 5.75 Å². The Hall–Kier alpha value is -2.12. The van der Waals surface area contributed by atoms with Crippen LogP contribution in [0.1, 0.15) is 10.5 Å². The molecule has 1 heterocycles. The molecule has 0 aliphatic heterocycles.